The van der Waals surface area contributed by atoms with Crippen LogP contribution in [-0.2, 0) is 4.74 Å². The Bertz CT molecular complexity index is 410. The minimum absolute atomic E-state index is 0.278. The summed E-state index contributed by atoms with van der Waals surface area (Å²) < 4.78 is 12.5. The minimum Gasteiger partial charge on any atom is -0.491 e. The van der Waals surface area contributed by atoms with Gasteiger partial charge in [-0.25, -0.2) is 0 Å². The Labute approximate surface area is 137 Å². The molecular formula is C17H28BrNO2. The van der Waals surface area contributed by atoms with Gasteiger partial charge in [0, 0.05) is 22.7 Å². The molecular weight excluding hydrogens is 330 g/mol. The lowest BCUT2D eigenvalue weighted by molar-refractivity contribution is 0.0921. The highest BCUT2D eigenvalue weighted by Crippen LogP contribution is 2.28. The number of nitrogens with one attached hydrogen (secondary N) is 1. The predicted molar refractivity (Wildman–Crippen MR) is 92.0 cm³/mol. The topological polar surface area (TPSA) is 30.5 Å². The zero-order valence-corrected chi connectivity index (χ0v) is 15.2. The monoisotopic (exact) mass is 357 g/mol. The Morgan fingerprint density at radius 2 is 1.90 bits per heavy atom. The number of hydrogen-bond donors (Lipinski definition) is 1. The molecule has 1 unspecified atom stereocenters. The van der Waals surface area contributed by atoms with Crippen LogP contribution in [0.2, 0.25) is 0 Å². The van der Waals surface area contributed by atoms with Crippen molar-refractivity contribution in [1.29, 1.82) is 0 Å². The summed E-state index contributed by atoms with van der Waals surface area (Å²) in [5.74, 6) is 1.61. The molecule has 0 saturated heterocycles. The van der Waals surface area contributed by atoms with Crippen LogP contribution in [0.15, 0.2) is 22.7 Å². The zero-order chi connectivity index (χ0) is 15.7. The highest BCUT2D eigenvalue weighted by molar-refractivity contribution is 9.10. The first-order valence-electron chi connectivity index (χ1n) is 7.78. The molecule has 0 fully saturated rings. The summed E-state index contributed by atoms with van der Waals surface area (Å²) in [7, 11) is 0. The number of ether oxygens (including phenoxy) is 2. The zero-order valence-electron chi connectivity index (χ0n) is 13.6. The molecule has 3 nitrogen and oxygen atoms in total. The maximum atomic E-state index is 5.90. The summed E-state index contributed by atoms with van der Waals surface area (Å²) in [6.45, 7) is 11.6. The van der Waals surface area contributed by atoms with Crippen molar-refractivity contribution >= 4 is 15.9 Å². The Morgan fingerprint density at radius 3 is 2.57 bits per heavy atom. The van der Waals surface area contributed by atoms with Crippen LogP contribution in [0.1, 0.15) is 45.7 Å². The van der Waals surface area contributed by atoms with Crippen LogP contribution < -0.4 is 10.1 Å². The second kappa shape index (κ2) is 10.2. The number of benzene rings is 1. The molecule has 120 valence electrons. The van der Waals surface area contributed by atoms with Crippen molar-refractivity contribution < 1.29 is 9.47 Å². The summed E-state index contributed by atoms with van der Waals surface area (Å²) in [4.78, 5) is 0. The van der Waals surface area contributed by atoms with Crippen LogP contribution in [0.3, 0.4) is 0 Å². The molecule has 1 aromatic carbocycles. The lowest BCUT2D eigenvalue weighted by Crippen LogP contribution is -2.19. The van der Waals surface area contributed by atoms with E-state index in [9.17, 15) is 0 Å². The van der Waals surface area contributed by atoms with Crippen LogP contribution in [-0.4, -0.2) is 26.4 Å². The molecule has 1 N–H and O–H groups in total. The molecule has 21 heavy (non-hydrogen) atoms. The van der Waals surface area contributed by atoms with Gasteiger partial charge in [-0.15, -0.1) is 0 Å². The summed E-state index contributed by atoms with van der Waals surface area (Å²) in [5, 5.41) is 3.42. The van der Waals surface area contributed by atoms with Gasteiger partial charge < -0.3 is 14.8 Å². The Hall–Kier alpha value is -0.580. The third kappa shape index (κ3) is 7.30. The Balaban J connectivity index is 2.47. The summed E-state index contributed by atoms with van der Waals surface area (Å²) in [5.41, 5.74) is 1.18. The Morgan fingerprint density at radius 1 is 1.14 bits per heavy atom. The fourth-order valence-electron chi connectivity index (χ4n) is 2.04. The lowest BCUT2D eigenvalue weighted by atomic mass is 10.1. The second-order valence-corrected chi connectivity index (χ2v) is 6.52. The average Bonchev–Trinajstić information content (AvgIpc) is 2.42. The van der Waals surface area contributed by atoms with E-state index in [0.717, 1.165) is 29.8 Å². The van der Waals surface area contributed by atoms with Gasteiger partial charge in [0.2, 0.25) is 0 Å². The van der Waals surface area contributed by atoms with Gasteiger partial charge in [0.25, 0.3) is 0 Å². The van der Waals surface area contributed by atoms with Crippen molar-refractivity contribution in [2.24, 2.45) is 5.92 Å². The Kier molecular flexibility index (Phi) is 8.97. The summed E-state index contributed by atoms with van der Waals surface area (Å²) in [6, 6.07) is 6.46. The molecule has 0 saturated carbocycles. The third-order valence-electron chi connectivity index (χ3n) is 3.28. The quantitative estimate of drug-likeness (QED) is 0.622. The molecule has 0 aliphatic rings. The minimum atomic E-state index is 0.278. The molecule has 1 rings (SSSR count). The fraction of sp³-hybridized carbons (Fsp3) is 0.647. The predicted octanol–water partition coefficient (Wildman–Crippen LogP) is 4.56. The van der Waals surface area contributed by atoms with Crippen molar-refractivity contribution in [2.75, 3.05) is 26.4 Å². The van der Waals surface area contributed by atoms with Gasteiger partial charge in [-0.1, -0.05) is 42.8 Å². The summed E-state index contributed by atoms with van der Waals surface area (Å²) >= 11 is 3.50. The van der Waals surface area contributed by atoms with Gasteiger partial charge in [-0.05, 0) is 37.9 Å². The first kappa shape index (κ1) is 18.5. The maximum absolute atomic E-state index is 5.90. The van der Waals surface area contributed by atoms with E-state index in [1.165, 1.54) is 5.56 Å². The van der Waals surface area contributed by atoms with Crippen LogP contribution in [0.4, 0.5) is 0 Å². The van der Waals surface area contributed by atoms with Gasteiger partial charge in [0.15, 0.2) is 0 Å². The van der Waals surface area contributed by atoms with E-state index in [1.807, 2.05) is 6.07 Å². The first-order valence-corrected chi connectivity index (χ1v) is 8.57. The first-order chi connectivity index (χ1) is 10.0. The summed E-state index contributed by atoms with van der Waals surface area (Å²) in [6.07, 6.45) is 1.10. The van der Waals surface area contributed by atoms with E-state index in [4.69, 9.17) is 9.47 Å². The van der Waals surface area contributed by atoms with Crippen molar-refractivity contribution in [2.45, 2.75) is 40.2 Å². The molecule has 0 radical (unpaired) electrons. The molecule has 1 atom stereocenters. The van der Waals surface area contributed by atoms with Gasteiger partial charge in [-0.2, -0.15) is 0 Å². The van der Waals surface area contributed by atoms with E-state index < -0.39 is 0 Å². The van der Waals surface area contributed by atoms with E-state index in [-0.39, 0.29) is 6.04 Å². The molecule has 0 aromatic heterocycles. The second-order valence-electron chi connectivity index (χ2n) is 5.60. The van der Waals surface area contributed by atoms with Crippen molar-refractivity contribution in [3.63, 3.8) is 0 Å². The highest BCUT2D eigenvalue weighted by atomic mass is 79.9. The van der Waals surface area contributed by atoms with E-state index in [1.54, 1.807) is 0 Å². The normalized spacial score (nSPS) is 12.7. The van der Waals surface area contributed by atoms with Crippen LogP contribution >= 0.6 is 15.9 Å². The van der Waals surface area contributed by atoms with Crippen molar-refractivity contribution in [3.8, 4) is 5.75 Å². The molecule has 0 aliphatic carbocycles. The molecule has 0 amide bonds. The highest BCUT2D eigenvalue weighted by Gasteiger charge is 2.11. The number of hydrogen-bond acceptors (Lipinski definition) is 3. The fourth-order valence-corrected chi connectivity index (χ4v) is 2.38. The van der Waals surface area contributed by atoms with Crippen LogP contribution in [0.25, 0.3) is 0 Å². The molecule has 1 aromatic rings. The van der Waals surface area contributed by atoms with E-state index >= 15 is 0 Å². The SMILES string of the molecule is CCNC(C)c1ccc(Br)cc1OCCOCCC(C)C. The molecule has 0 aliphatic heterocycles. The van der Waals surface area contributed by atoms with Crippen molar-refractivity contribution in [1.82, 2.24) is 5.32 Å². The van der Waals surface area contributed by atoms with Crippen LogP contribution in [0, 0.1) is 5.92 Å². The smallest absolute Gasteiger partial charge is 0.125 e. The maximum Gasteiger partial charge on any atom is 0.125 e. The lowest BCUT2D eigenvalue weighted by Gasteiger charge is -2.18. The van der Waals surface area contributed by atoms with E-state index in [2.05, 4.69) is 61.1 Å². The largest absolute Gasteiger partial charge is 0.491 e. The number of halogens is 1. The van der Waals surface area contributed by atoms with E-state index in [0.29, 0.717) is 19.1 Å². The third-order valence-corrected chi connectivity index (χ3v) is 3.77. The molecule has 0 bridgehead atoms. The van der Waals surface area contributed by atoms with Gasteiger partial charge in [0.1, 0.15) is 12.4 Å². The average molecular weight is 358 g/mol. The van der Waals surface area contributed by atoms with Gasteiger partial charge in [0.05, 0.1) is 6.61 Å². The standard InChI is InChI=1S/C17H28BrNO2/c1-5-19-14(4)16-7-6-15(18)12-17(16)21-11-10-20-9-8-13(2)3/h6-7,12-14,19H,5,8-11H2,1-4H3. The molecule has 0 heterocycles. The van der Waals surface area contributed by atoms with Gasteiger partial charge >= 0.3 is 0 Å². The van der Waals surface area contributed by atoms with Crippen molar-refractivity contribution in [3.05, 3.63) is 28.2 Å². The van der Waals surface area contributed by atoms with Gasteiger partial charge in [-0.3, -0.25) is 0 Å². The molecule has 0 spiro atoms. The molecule has 4 heteroatoms. The number of rotatable bonds is 10. The van der Waals surface area contributed by atoms with Crippen LogP contribution in [0.5, 0.6) is 5.75 Å².